The zero-order chi connectivity index (χ0) is 11.4. The molecule has 0 amide bonds. The molecule has 0 spiro atoms. The third kappa shape index (κ3) is 2.45. The van der Waals surface area contributed by atoms with Crippen molar-refractivity contribution < 1.29 is 9.79 Å². The van der Waals surface area contributed by atoms with Crippen LogP contribution < -0.4 is 4.68 Å². The van der Waals surface area contributed by atoms with Crippen molar-refractivity contribution in [2.45, 2.75) is 6.92 Å². The number of hydrogen-bond acceptors (Lipinski definition) is 2. The number of nitrogens with zero attached hydrogens (tertiary/aromatic N) is 2. The topological polar surface area (TPSA) is 37.0 Å². The monoisotopic (exact) mass is 213 g/mol. The van der Waals surface area contributed by atoms with E-state index in [2.05, 4.69) is 5.10 Å². The van der Waals surface area contributed by atoms with E-state index in [1.807, 2.05) is 43.3 Å². The van der Waals surface area contributed by atoms with E-state index in [4.69, 9.17) is 0 Å². The summed E-state index contributed by atoms with van der Waals surface area (Å²) in [6.45, 7) is 2.01. The highest BCUT2D eigenvalue weighted by molar-refractivity contribution is 5.65. The summed E-state index contributed by atoms with van der Waals surface area (Å²) < 4.78 is 1.56. The van der Waals surface area contributed by atoms with Gasteiger partial charge in [0, 0.05) is 11.6 Å². The van der Waals surface area contributed by atoms with Crippen LogP contribution in [0, 0.1) is 6.92 Å². The minimum Gasteiger partial charge on any atom is -0.502 e. The minimum atomic E-state index is 0.198. The molecule has 0 unspecified atom stereocenters. The van der Waals surface area contributed by atoms with Crippen LogP contribution in [-0.4, -0.2) is 10.2 Å². The summed E-state index contributed by atoms with van der Waals surface area (Å²) in [5.41, 5.74) is 1.95. The van der Waals surface area contributed by atoms with Gasteiger partial charge in [-0.3, -0.25) is 0 Å². The fraction of sp³-hybridized carbons (Fsp3) is 0.0769. The van der Waals surface area contributed by atoms with Crippen LogP contribution in [0.2, 0.25) is 0 Å². The maximum absolute atomic E-state index is 9.87. The average molecular weight is 213 g/mol. The SMILES string of the molecule is Cc1ccc(/C(O)=C/[n+]2ccccn2)cc1. The fourth-order valence-electron chi connectivity index (χ4n) is 1.34. The number of aliphatic hydroxyl groups is 1. The van der Waals surface area contributed by atoms with Crippen molar-refractivity contribution >= 4 is 12.0 Å². The maximum Gasteiger partial charge on any atom is 0.244 e. The van der Waals surface area contributed by atoms with Crippen molar-refractivity contribution in [3.05, 3.63) is 59.9 Å². The largest absolute Gasteiger partial charge is 0.502 e. The highest BCUT2D eigenvalue weighted by Gasteiger charge is 2.03. The van der Waals surface area contributed by atoms with E-state index < -0.39 is 0 Å². The van der Waals surface area contributed by atoms with Crippen molar-refractivity contribution in [2.75, 3.05) is 0 Å². The van der Waals surface area contributed by atoms with Gasteiger partial charge in [0.15, 0.2) is 5.76 Å². The van der Waals surface area contributed by atoms with E-state index in [9.17, 15) is 5.11 Å². The van der Waals surface area contributed by atoms with Gasteiger partial charge >= 0.3 is 0 Å². The zero-order valence-electron chi connectivity index (χ0n) is 9.04. The predicted molar refractivity (Wildman–Crippen MR) is 62.4 cm³/mol. The van der Waals surface area contributed by atoms with Gasteiger partial charge < -0.3 is 5.11 Å². The predicted octanol–water partition coefficient (Wildman–Crippen LogP) is 2.19. The van der Waals surface area contributed by atoms with Crippen molar-refractivity contribution in [2.24, 2.45) is 0 Å². The molecule has 1 heterocycles. The molecule has 0 aliphatic carbocycles. The van der Waals surface area contributed by atoms with Gasteiger partial charge in [0.1, 0.15) is 0 Å². The van der Waals surface area contributed by atoms with E-state index in [1.165, 1.54) is 5.56 Å². The van der Waals surface area contributed by atoms with Gasteiger partial charge in [-0.15, -0.1) is 0 Å². The molecule has 1 aromatic heterocycles. The summed E-state index contributed by atoms with van der Waals surface area (Å²) in [5.74, 6) is 0.198. The lowest BCUT2D eigenvalue weighted by molar-refractivity contribution is -0.634. The van der Waals surface area contributed by atoms with Gasteiger partial charge in [0.25, 0.3) is 0 Å². The van der Waals surface area contributed by atoms with E-state index in [1.54, 1.807) is 23.3 Å². The standard InChI is InChI=1S/C13H12N2O/c1-11-4-6-12(7-5-11)13(16)10-15-9-3-2-8-14-15/h2-10H,1H3/p+1. The van der Waals surface area contributed by atoms with Crippen LogP contribution in [0.5, 0.6) is 0 Å². The molecule has 3 nitrogen and oxygen atoms in total. The summed E-state index contributed by atoms with van der Waals surface area (Å²) >= 11 is 0. The second-order valence-electron chi connectivity index (χ2n) is 3.56. The number of rotatable bonds is 2. The molecular formula is C13H13N2O+. The Hall–Kier alpha value is -2.16. The minimum absolute atomic E-state index is 0.198. The maximum atomic E-state index is 9.87. The van der Waals surface area contributed by atoms with E-state index in [-0.39, 0.29) is 5.76 Å². The molecular weight excluding hydrogens is 200 g/mol. The molecule has 80 valence electrons. The molecule has 0 atom stereocenters. The second kappa shape index (κ2) is 4.57. The van der Waals surface area contributed by atoms with Crippen LogP contribution in [0.1, 0.15) is 11.1 Å². The highest BCUT2D eigenvalue weighted by atomic mass is 16.3. The number of aromatic nitrogens is 2. The molecule has 0 aliphatic heterocycles. The zero-order valence-corrected chi connectivity index (χ0v) is 9.04. The molecule has 0 bridgehead atoms. The first-order chi connectivity index (χ1) is 7.75. The van der Waals surface area contributed by atoms with Gasteiger partial charge in [0.05, 0.1) is 6.20 Å². The van der Waals surface area contributed by atoms with Crippen LogP contribution in [-0.2, 0) is 0 Å². The molecule has 16 heavy (non-hydrogen) atoms. The lowest BCUT2D eigenvalue weighted by Gasteiger charge is -1.97. The molecule has 0 saturated carbocycles. The third-order valence-electron chi connectivity index (χ3n) is 2.24. The number of aliphatic hydroxyl groups excluding tert-OH is 1. The van der Waals surface area contributed by atoms with Crippen molar-refractivity contribution in [1.82, 2.24) is 5.10 Å². The molecule has 1 aromatic carbocycles. The van der Waals surface area contributed by atoms with Gasteiger partial charge in [-0.2, -0.15) is 0 Å². The Morgan fingerprint density at radius 1 is 1.25 bits per heavy atom. The molecule has 0 radical (unpaired) electrons. The Morgan fingerprint density at radius 2 is 2.00 bits per heavy atom. The van der Waals surface area contributed by atoms with E-state index in [0.717, 1.165) is 5.56 Å². The van der Waals surface area contributed by atoms with Crippen LogP contribution in [0.25, 0.3) is 12.0 Å². The second-order valence-corrected chi connectivity index (χ2v) is 3.56. The van der Waals surface area contributed by atoms with Crippen molar-refractivity contribution in [3.8, 4) is 0 Å². The molecule has 0 aliphatic rings. The lowest BCUT2D eigenvalue weighted by atomic mass is 10.1. The normalized spacial score (nSPS) is 11.4. The van der Waals surface area contributed by atoms with Gasteiger partial charge in [-0.05, 0) is 18.1 Å². The van der Waals surface area contributed by atoms with E-state index in [0.29, 0.717) is 0 Å². The Bertz CT molecular complexity index is 489. The Morgan fingerprint density at radius 3 is 2.62 bits per heavy atom. The van der Waals surface area contributed by atoms with Gasteiger partial charge in [0.2, 0.25) is 12.4 Å². The van der Waals surface area contributed by atoms with Crippen LogP contribution in [0.3, 0.4) is 0 Å². The number of aryl methyl sites for hydroxylation is 1. The molecule has 0 saturated heterocycles. The van der Waals surface area contributed by atoms with Crippen molar-refractivity contribution in [3.63, 3.8) is 0 Å². The molecule has 0 fully saturated rings. The molecule has 2 rings (SSSR count). The van der Waals surface area contributed by atoms with Crippen LogP contribution >= 0.6 is 0 Å². The van der Waals surface area contributed by atoms with Crippen molar-refractivity contribution in [1.29, 1.82) is 0 Å². The Labute approximate surface area is 94.3 Å². The summed E-state index contributed by atoms with van der Waals surface area (Å²) in [7, 11) is 0. The number of hydrogen-bond donors (Lipinski definition) is 1. The Balaban J connectivity index is 2.28. The molecule has 3 heteroatoms. The fourth-order valence-corrected chi connectivity index (χ4v) is 1.34. The third-order valence-corrected chi connectivity index (χ3v) is 2.24. The molecule has 2 aromatic rings. The first-order valence-corrected chi connectivity index (χ1v) is 5.06. The smallest absolute Gasteiger partial charge is 0.244 e. The first kappa shape index (κ1) is 10.4. The summed E-state index contributed by atoms with van der Waals surface area (Å²) in [6, 6.07) is 11.4. The summed E-state index contributed by atoms with van der Waals surface area (Å²) in [5, 5.41) is 13.9. The van der Waals surface area contributed by atoms with Crippen LogP contribution in [0.15, 0.2) is 48.8 Å². The van der Waals surface area contributed by atoms with Gasteiger partial charge in [-0.1, -0.05) is 34.5 Å². The summed E-state index contributed by atoms with van der Waals surface area (Å²) in [6.07, 6.45) is 5.01. The first-order valence-electron chi connectivity index (χ1n) is 5.06. The highest BCUT2D eigenvalue weighted by Crippen LogP contribution is 2.11. The lowest BCUT2D eigenvalue weighted by Crippen LogP contribution is -2.29. The summed E-state index contributed by atoms with van der Waals surface area (Å²) in [4.78, 5) is 0. The average Bonchev–Trinajstić information content (AvgIpc) is 2.31. The van der Waals surface area contributed by atoms with Gasteiger partial charge in [-0.25, -0.2) is 0 Å². The number of benzene rings is 1. The Kier molecular flexibility index (Phi) is 2.96. The van der Waals surface area contributed by atoms with E-state index >= 15 is 0 Å². The quantitative estimate of drug-likeness (QED) is 0.613. The van der Waals surface area contributed by atoms with Crippen LogP contribution in [0.4, 0.5) is 0 Å². The molecule has 1 N–H and O–H groups in total.